The first-order valence-corrected chi connectivity index (χ1v) is 7.16. The standard InChI is InChI=1S/C16H24N2O3/c1-6-21-16(20)18-14(10(2)3)15(19)17-13-8-7-11(4)12(5)9-13/h7-10,14H,6H2,1-5H3,(H,17,19)(H,18,20)/t14-/m1/s1. The fraction of sp³-hybridized carbons (Fsp3) is 0.500. The molecule has 0 unspecified atom stereocenters. The molecule has 0 saturated carbocycles. The van der Waals surface area contributed by atoms with Crippen molar-refractivity contribution in [2.75, 3.05) is 11.9 Å². The van der Waals surface area contributed by atoms with E-state index in [-0.39, 0.29) is 18.4 Å². The maximum absolute atomic E-state index is 12.3. The molecule has 0 aliphatic carbocycles. The molecule has 0 fully saturated rings. The minimum atomic E-state index is -0.634. The minimum absolute atomic E-state index is 0.0408. The molecule has 21 heavy (non-hydrogen) atoms. The summed E-state index contributed by atoms with van der Waals surface area (Å²) >= 11 is 0. The van der Waals surface area contributed by atoms with Crippen molar-refractivity contribution in [2.45, 2.75) is 40.7 Å². The monoisotopic (exact) mass is 292 g/mol. The van der Waals surface area contributed by atoms with Gasteiger partial charge < -0.3 is 15.4 Å². The van der Waals surface area contributed by atoms with Crippen molar-refractivity contribution >= 4 is 17.7 Å². The second-order valence-electron chi connectivity index (χ2n) is 5.37. The molecular weight excluding hydrogens is 268 g/mol. The summed E-state index contributed by atoms with van der Waals surface area (Å²) < 4.78 is 4.83. The molecule has 0 aromatic heterocycles. The number of benzene rings is 1. The second kappa shape index (κ2) is 7.67. The third-order valence-electron chi connectivity index (χ3n) is 3.27. The van der Waals surface area contributed by atoms with E-state index in [0.29, 0.717) is 0 Å². The average Bonchev–Trinajstić information content (AvgIpc) is 2.40. The number of alkyl carbamates (subject to hydrolysis) is 1. The molecule has 2 N–H and O–H groups in total. The van der Waals surface area contributed by atoms with Gasteiger partial charge in [0, 0.05) is 5.69 Å². The van der Waals surface area contributed by atoms with Crippen LogP contribution < -0.4 is 10.6 Å². The van der Waals surface area contributed by atoms with Gasteiger partial charge in [0.25, 0.3) is 0 Å². The van der Waals surface area contributed by atoms with Crippen LogP contribution in [0.4, 0.5) is 10.5 Å². The maximum Gasteiger partial charge on any atom is 0.407 e. The molecule has 1 atom stereocenters. The van der Waals surface area contributed by atoms with E-state index in [1.807, 2.05) is 45.9 Å². The summed E-state index contributed by atoms with van der Waals surface area (Å²) in [6, 6.07) is 5.08. The Morgan fingerprint density at radius 2 is 1.86 bits per heavy atom. The molecule has 2 amide bonds. The summed E-state index contributed by atoms with van der Waals surface area (Å²) in [5, 5.41) is 5.42. The number of amides is 2. The normalized spacial score (nSPS) is 11.9. The van der Waals surface area contributed by atoms with E-state index in [1.54, 1.807) is 6.92 Å². The van der Waals surface area contributed by atoms with Gasteiger partial charge in [-0.25, -0.2) is 4.79 Å². The number of carbonyl (C=O) groups is 2. The summed E-state index contributed by atoms with van der Waals surface area (Å²) in [6.45, 7) is 9.74. The van der Waals surface area contributed by atoms with Crippen molar-refractivity contribution in [3.05, 3.63) is 29.3 Å². The predicted octanol–water partition coefficient (Wildman–Crippen LogP) is 3.01. The zero-order valence-electron chi connectivity index (χ0n) is 13.3. The molecular formula is C16H24N2O3. The van der Waals surface area contributed by atoms with Crippen molar-refractivity contribution in [3.8, 4) is 0 Å². The van der Waals surface area contributed by atoms with Gasteiger partial charge in [-0.15, -0.1) is 0 Å². The van der Waals surface area contributed by atoms with Gasteiger partial charge in [0.15, 0.2) is 0 Å². The second-order valence-corrected chi connectivity index (χ2v) is 5.37. The SMILES string of the molecule is CCOC(=O)N[C@@H](C(=O)Nc1ccc(C)c(C)c1)C(C)C. The Hall–Kier alpha value is -2.04. The molecule has 116 valence electrons. The molecule has 0 radical (unpaired) electrons. The fourth-order valence-corrected chi connectivity index (χ4v) is 1.87. The molecule has 0 saturated heterocycles. The van der Waals surface area contributed by atoms with Gasteiger partial charge in [-0.2, -0.15) is 0 Å². The van der Waals surface area contributed by atoms with Crippen LogP contribution in [0, 0.1) is 19.8 Å². The van der Waals surface area contributed by atoms with E-state index >= 15 is 0 Å². The number of rotatable bonds is 5. The Balaban J connectivity index is 2.76. The van der Waals surface area contributed by atoms with E-state index in [4.69, 9.17) is 4.74 Å². The Labute approximate surface area is 126 Å². The van der Waals surface area contributed by atoms with E-state index < -0.39 is 12.1 Å². The summed E-state index contributed by atoms with van der Waals surface area (Å²) in [7, 11) is 0. The lowest BCUT2D eigenvalue weighted by molar-refractivity contribution is -0.119. The lowest BCUT2D eigenvalue weighted by Gasteiger charge is -2.21. The number of ether oxygens (including phenoxy) is 1. The van der Waals surface area contributed by atoms with Gasteiger partial charge in [0.2, 0.25) is 5.91 Å². The fourth-order valence-electron chi connectivity index (χ4n) is 1.87. The van der Waals surface area contributed by atoms with Gasteiger partial charge in [-0.05, 0) is 49.9 Å². The molecule has 1 rings (SSSR count). The highest BCUT2D eigenvalue weighted by Crippen LogP contribution is 2.15. The smallest absolute Gasteiger partial charge is 0.407 e. The number of hydrogen-bond donors (Lipinski definition) is 2. The number of carbonyl (C=O) groups excluding carboxylic acids is 2. The van der Waals surface area contributed by atoms with Crippen molar-refractivity contribution < 1.29 is 14.3 Å². The summed E-state index contributed by atoms with van der Waals surface area (Å²) in [6.07, 6.45) is -0.577. The molecule has 0 spiro atoms. The first kappa shape index (κ1) is 17.0. The molecule has 0 aliphatic rings. The van der Waals surface area contributed by atoms with E-state index in [1.165, 1.54) is 0 Å². The first-order chi connectivity index (χ1) is 9.85. The van der Waals surface area contributed by atoms with Crippen LogP contribution >= 0.6 is 0 Å². The van der Waals surface area contributed by atoms with Crippen LogP contribution in [0.1, 0.15) is 31.9 Å². The van der Waals surface area contributed by atoms with Crippen LogP contribution in [0.5, 0.6) is 0 Å². The Bertz CT molecular complexity index is 512. The van der Waals surface area contributed by atoms with Crippen LogP contribution in [0.2, 0.25) is 0 Å². The molecule has 1 aromatic rings. The molecule has 0 aliphatic heterocycles. The summed E-state index contributed by atoms with van der Waals surface area (Å²) in [5.41, 5.74) is 2.99. The van der Waals surface area contributed by atoms with Crippen LogP contribution in [0.15, 0.2) is 18.2 Å². The lowest BCUT2D eigenvalue weighted by atomic mass is 10.0. The van der Waals surface area contributed by atoms with E-state index in [2.05, 4.69) is 10.6 Å². The molecule has 5 nitrogen and oxygen atoms in total. The van der Waals surface area contributed by atoms with Crippen molar-refractivity contribution in [1.29, 1.82) is 0 Å². The molecule has 1 aromatic carbocycles. The number of anilines is 1. The topological polar surface area (TPSA) is 67.4 Å². The number of nitrogens with one attached hydrogen (secondary N) is 2. The highest BCUT2D eigenvalue weighted by Gasteiger charge is 2.24. The number of aryl methyl sites for hydroxylation is 2. The summed E-state index contributed by atoms with van der Waals surface area (Å²) in [4.78, 5) is 23.8. The van der Waals surface area contributed by atoms with Crippen LogP contribution in [-0.2, 0) is 9.53 Å². The van der Waals surface area contributed by atoms with Gasteiger partial charge >= 0.3 is 6.09 Å². The van der Waals surface area contributed by atoms with Crippen LogP contribution in [0.3, 0.4) is 0 Å². The lowest BCUT2D eigenvalue weighted by Crippen LogP contribution is -2.47. The van der Waals surface area contributed by atoms with Crippen molar-refractivity contribution in [2.24, 2.45) is 5.92 Å². The van der Waals surface area contributed by atoms with Gasteiger partial charge in [0.1, 0.15) is 6.04 Å². The maximum atomic E-state index is 12.3. The number of hydrogen-bond acceptors (Lipinski definition) is 3. The van der Waals surface area contributed by atoms with Crippen LogP contribution in [-0.4, -0.2) is 24.6 Å². The molecule has 5 heteroatoms. The quantitative estimate of drug-likeness (QED) is 0.876. The van der Waals surface area contributed by atoms with Crippen LogP contribution in [0.25, 0.3) is 0 Å². The molecule has 0 bridgehead atoms. The average molecular weight is 292 g/mol. The van der Waals surface area contributed by atoms with Crippen molar-refractivity contribution in [1.82, 2.24) is 5.32 Å². The Kier molecular flexibility index (Phi) is 6.21. The van der Waals surface area contributed by atoms with Gasteiger partial charge in [0.05, 0.1) is 6.61 Å². The van der Waals surface area contributed by atoms with E-state index in [0.717, 1.165) is 16.8 Å². The molecule has 0 heterocycles. The predicted molar refractivity (Wildman–Crippen MR) is 83.3 cm³/mol. The zero-order valence-corrected chi connectivity index (χ0v) is 13.3. The van der Waals surface area contributed by atoms with Crippen molar-refractivity contribution in [3.63, 3.8) is 0 Å². The summed E-state index contributed by atoms with van der Waals surface area (Å²) in [5.74, 6) is -0.290. The Morgan fingerprint density at radius 3 is 2.38 bits per heavy atom. The largest absolute Gasteiger partial charge is 0.450 e. The Morgan fingerprint density at radius 1 is 1.19 bits per heavy atom. The zero-order chi connectivity index (χ0) is 16.0. The first-order valence-electron chi connectivity index (χ1n) is 7.16. The van der Waals surface area contributed by atoms with Gasteiger partial charge in [-0.3, -0.25) is 4.79 Å². The van der Waals surface area contributed by atoms with E-state index in [9.17, 15) is 9.59 Å². The highest BCUT2D eigenvalue weighted by molar-refractivity contribution is 5.96. The third-order valence-corrected chi connectivity index (χ3v) is 3.27. The van der Waals surface area contributed by atoms with Gasteiger partial charge in [-0.1, -0.05) is 19.9 Å². The third kappa shape index (κ3) is 5.10. The minimum Gasteiger partial charge on any atom is -0.450 e. The highest BCUT2D eigenvalue weighted by atomic mass is 16.5.